The predicted octanol–water partition coefficient (Wildman–Crippen LogP) is 3.03. The first-order chi connectivity index (χ1) is 11.6. The molecule has 0 saturated carbocycles. The molecule has 1 rings (SSSR count). The van der Waals surface area contributed by atoms with Gasteiger partial charge in [0.25, 0.3) is 0 Å². The van der Waals surface area contributed by atoms with Gasteiger partial charge in [0.2, 0.25) is 0 Å². The Bertz CT molecular complexity index is 620. The van der Waals surface area contributed by atoms with Gasteiger partial charge in [-0.3, -0.25) is 9.59 Å². The van der Waals surface area contributed by atoms with Gasteiger partial charge in [-0.05, 0) is 40.0 Å². The minimum Gasteiger partial charge on any atom is -0.508 e. The Morgan fingerprint density at radius 1 is 1.24 bits per heavy atom. The number of hydrogen-bond acceptors (Lipinski definition) is 5. The molecule has 0 unspecified atom stereocenters. The number of hydrogen-bond donors (Lipinski definition) is 3. The fourth-order valence-electron chi connectivity index (χ4n) is 2.97. The first-order valence-corrected chi connectivity index (χ1v) is 8.70. The van der Waals surface area contributed by atoms with Crippen LogP contribution in [0.3, 0.4) is 0 Å². The molecular weight excluding hydrogens is 320 g/mol. The van der Waals surface area contributed by atoms with Crippen LogP contribution in [-0.4, -0.2) is 39.1 Å². The summed E-state index contributed by atoms with van der Waals surface area (Å²) < 4.78 is 0. The van der Waals surface area contributed by atoms with Crippen LogP contribution in [0.15, 0.2) is 34.6 Å². The molecule has 0 saturated heterocycles. The Kier molecular flexibility index (Phi) is 7.32. The number of allylic oxidation sites excluding steroid dienone is 4. The normalized spacial score (nSPS) is 24.2. The van der Waals surface area contributed by atoms with Gasteiger partial charge in [-0.2, -0.15) is 0 Å². The van der Waals surface area contributed by atoms with Crippen LogP contribution in [0.4, 0.5) is 0 Å². The van der Waals surface area contributed by atoms with Crippen molar-refractivity contribution in [2.24, 2.45) is 11.8 Å². The summed E-state index contributed by atoms with van der Waals surface area (Å²) in [6.45, 7) is 8.77. The molecule has 140 valence electrons. The number of aliphatic hydroxyl groups excluding tert-OH is 2. The number of carbonyl (C=O) groups is 2. The molecular formula is C20H30O5. The van der Waals surface area contributed by atoms with Crippen LogP contribution >= 0.6 is 0 Å². The number of carbonyl (C=O) groups excluding carboxylic acids is 2. The van der Waals surface area contributed by atoms with Gasteiger partial charge in [-0.1, -0.05) is 37.1 Å². The van der Waals surface area contributed by atoms with Crippen LogP contribution in [-0.2, 0) is 9.59 Å². The second kappa shape index (κ2) is 8.59. The molecule has 3 N–H and O–H groups in total. The molecule has 0 fully saturated rings. The third kappa shape index (κ3) is 4.67. The molecule has 0 aromatic rings. The Balaban J connectivity index is 3.25. The second-order valence-electron chi connectivity index (χ2n) is 7.35. The average molecular weight is 350 g/mol. The zero-order valence-corrected chi connectivity index (χ0v) is 15.8. The van der Waals surface area contributed by atoms with E-state index in [9.17, 15) is 19.8 Å². The molecule has 25 heavy (non-hydrogen) atoms. The van der Waals surface area contributed by atoms with Gasteiger partial charge in [0.05, 0.1) is 12.5 Å². The van der Waals surface area contributed by atoms with Gasteiger partial charge < -0.3 is 15.3 Å². The lowest BCUT2D eigenvalue weighted by Gasteiger charge is -2.28. The summed E-state index contributed by atoms with van der Waals surface area (Å²) in [5.74, 6) is -2.74. The fourth-order valence-corrected chi connectivity index (χ4v) is 2.97. The van der Waals surface area contributed by atoms with E-state index in [1.807, 2.05) is 19.9 Å². The number of aliphatic hydroxyl groups is 3. The van der Waals surface area contributed by atoms with E-state index >= 15 is 0 Å². The summed E-state index contributed by atoms with van der Waals surface area (Å²) in [7, 11) is 0. The van der Waals surface area contributed by atoms with E-state index in [-0.39, 0.29) is 25.0 Å². The SMILES string of the molecule is CC(C)=CC[C@H]1C(=O)C(C(=O)C(C)C)=C(O)[C@]1(O)CC/C=C(\C)CO. The van der Waals surface area contributed by atoms with Crippen molar-refractivity contribution in [3.05, 3.63) is 34.6 Å². The highest BCUT2D eigenvalue weighted by Gasteiger charge is 2.54. The molecule has 0 radical (unpaired) electrons. The van der Waals surface area contributed by atoms with Crippen molar-refractivity contribution in [1.29, 1.82) is 0 Å². The van der Waals surface area contributed by atoms with Crippen molar-refractivity contribution >= 4 is 11.6 Å². The van der Waals surface area contributed by atoms with E-state index in [1.165, 1.54) is 0 Å². The molecule has 1 aliphatic rings. The molecule has 1 aliphatic carbocycles. The van der Waals surface area contributed by atoms with E-state index in [1.54, 1.807) is 26.8 Å². The first-order valence-electron chi connectivity index (χ1n) is 8.70. The molecule has 0 aromatic carbocycles. The summed E-state index contributed by atoms with van der Waals surface area (Å²) in [4.78, 5) is 25.1. The minimum atomic E-state index is -1.75. The maximum Gasteiger partial charge on any atom is 0.176 e. The highest BCUT2D eigenvalue weighted by molar-refractivity contribution is 6.24. The largest absolute Gasteiger partial charge is 0.508 e. The molecule has 0 aliphatic heterocycles. The van der Waals surface area contributed by atoms with Crippen molar-refractivity contribution in [2.45, 2.75) is 59.5 Å². The quantitative estimate of drug-likeness (QED) is 0.462. The number of rotatable bonds is 8. The summed E-state index contributed by atoms with van der Waals surface area (Å²) in [6.07, 6.45) is 4.35. The zero-order valence-electron chi connectivity index (χ0n) is 15.8. The van der Waals surface area contributed by atoms with Gasteiger partial charge in [0, 0.05) is 5.92 Å². The summed E-state index contributed by atoms with van der Waals surface area (Å²) >= 11 is 0. The monoisotopic (exact) mass is 350 g/mol. The lowest BCUT2D eigenvalue weighted by atomic mass is 9.82. The van der Waals surface area contributed by atoms with Gasteiger partial charge in [0.1, 0.15) is 16.9 Å². The van der Waals surface area contributed by atoms with Crippen LogP contribution in [0.2, 0.25) is 0 Å². The van der Waals surface area contributed by atoms with E-state index in [4.69, 9.17) is 5.11 Å². The summed E-state index contributed by atoms with van der Waals surface area (Å²) in [6, 6.07) is 0. The van der Waals surface area contributed by atoms with Gasteiger partial charge in [-0.15, -0.1) is 0 Å². The molecule has 5 nitrogen and oxygen atoms in total. The standard InChI is InChI=1S/C20H30O5/c1-12(2)8-9-15-18(23)16(17(22)13(3)4)19(24)20(15,25)10-6-7-14(5)11-21/h7-8,13,15,21,24-25H,6,9-11H2,1-5H3/b14-7+/t15-,20-/m0/s1. The van der Waals surface area contributed by atoms with Crippen molar-refractivity contribution in [3.63, 3.8) is 0 Å². The molecule has 0 amide bonds. The Morgan fingerprint density at radius 3 is 2.32 bits per heavy atom. The molecule has 5 heteroatoms. The number of Topliss-reactive ketones (excluding diaryl/α,β-unsaturated/α-hetero) is 2. The minimum absolute atomic E-state index is 0.0859. The summed E-state index contributed by atoms with van der Waals surface area (Å²) in [5, 5.41) is 30.7. The van der Waals surface area contributed by atoms with E-state index < -0.39 is 34.8 Å². The Labute approximate surface area is 149 Å². The highest BCUT2D eigenvalue weighted by atomic mass is 16.3. The first kappa shape index (κ1) is 21.3. The van der Waals surface area contributed by atoms with Crippen molar-refractivity contribution in [2.75, 3.05) is 6.61 Å². The van der Waals surface area contributed by atoms with Crippen LogP contribution in [0.1, 0.15) is 53.9 Å². The van der Waals surface area contributed by atoms with E-state index in [0.717, 1.165) is 11.1 Å². The van der Waals surface area contributed by atoms with Gasteiger partial charge in [0.15, 0.2) is 11.6 Å². The van der Waals surface area contributed by atoms with Gasteiger partial charge in [-0.25, -0.2) is 0 Å². The topological polar surface area (TPSA) is 94.8 Å². The summed E-state index contributed by atoms with van der Waals surface area (Å²) in [5.41, 5.74) is -0.271. The van der Waals surface area contributed by atoms with E-state index in [0.29, 0.717) is 6.42 Å². The lowest BCUT2D eigenvalue weighted by Crippen LogP contribution is -2.38. The molecule has 0 bridgehead atoms. The second-order valence-corrected chi connectivity index (χ2v) is 7.35. The smallest absolute Gasteiger partial charge is 0.176 e. The molecule has 0 aromatic heterocycles. The average Bonchev–Trinajstić information content (AvgIpc) is 2.71. The Hall–Kier alpha value is -1.72. The fraction of sp³-hybridized carbons (Fsp3) is 0.600. The van der Waals surface area contributed by atoms with Crippen LogP contribution in [0, 0.1) is 11.8 Å². The Morgan fingerprint density at radius 2 is 1.84 bits per heavy atom. The van der Waals surface area contributed by atoms with Crippen LogP contribution < -0.4 is 0 Å². The van der Waals surface area contributed by atoms with Crippen LogP contribution in [0.5, 0.6) is 0 Å². The maximum absolute atomic E-state index is 12.8. The highest BCUT2D eigenvalue weighted by Crippen LogP contribution is 2.43. The van der Waals surface area contributed by atoms with E-state index in [2.05, 4.69) is 0 Å². The zero-order chi connectivity index (χ0) is 19.4. The molecule has 2 atom stereocenters. The molecule has 0 spiro atoms. The van der Waals surface area contributed by atoms with Gasteiger partial charge >= 0.3 is 0 Å². The maximum atomic E-state index is 12.8. The van der Waals surface area contributed by atoms with Crippen molar-refractivity contribution in [3.8, 4) is 0 Å². The third-order valence-electron chi connectivity index (χ3n) is 4.59. The predicted molar refractivity (Wildman–Crippen MR) is 97.1 cm³/mol. The van der Waals surface area contributed by atoms with Crippen molar-refractivity contribution < 1.29 is 24.9 Å². The third-order valence-corrected chi connectivity index (χ3v) is 4.59. The van der Waals surface area contributed by atoms with Crippen molar-refractivity contribution in [1.82, 2.24) is 0 Å². The van der Waals surface area contributed by atoms with Crippen LogP contribution in [0.25, 0.3) is 0 Å². The number of ketones is 2. The lowest BCUT2D eigenvalue weighted by molar-refractivity contribution is -0.127. The molecule has 0 heterocycles.